The van der Waals surface area contributed by atoms with E-state index in [1.165, 1.54) is 16.5 Å². The Morgan fingerprint density at radius 3 is 2.17 bits per heavy atom. The summed E-state index contributed by atoms with van der Waals surface area (Å²) in [5.41, 5.74) is 10.1. The molecule has 9 aromatic rings. The van der Waals surface area contributed by atoms with Crippen molar-refractivity contribution in [3.05, 3.63) is 103 Å². The van der Waals surface area contributed by atoms with Crippen molar-refractivity contribution in [3.63, 3.8) is 0 Å². The molecule has 0 spiro atoms. The molecule has 0 amide bonds. The summed E-state index contributed by atoms with van der Waals surface area (Å²) in [4.78, 5) is 10.2. The molecule has 0 aliphatic carbocycles. The highest BCUT2D eigenvalue weighted by Crippen LogP contribution is 2.43. The van der Waals surface area contributed by atoms with E-state index in [4.69, 9.17) is 14.4 Å². The van der Waals surface area contributed by atoms with Gasteiger partial charge in [0.15, 0.2) is 5.65 Å². The van der Waals surface area contributed by atoms with Gasteiger partial charge < -0.3 is 4.42 Å². The lowest BCUT2D eigenvalue weighted by Gasteiger charge is -2.04. The molecule has 4 aromatic heterocycles. The van der Waals surface area contributed by atoms with Crippen LogP contribution in [0, 0.1) is 0 Å². The van der Waals surface area contributed by atoms with Crippen LogP contribution in [0.1, 0.15) is 0 Å². The van der Waals surface area contributed by atoms with Crippen LogP contribution in [0.4, 0.5) is 0 Å². The highest BCUT2D eigenvalue weighted by atomic mass is 16.3. The van der Waals surface area contributed by atoms with Gasteiger partial charge in [0.2, 0.25) is 0 Å². The number of furan rings is 1. The third-order valence-electron chi connectivity index (χ3n) is 7.49. The van der Waals surface area contributed by atoms with Crippen LogP contribution in [-0.2, 0) is 0 Å². The third kappa shape index (κ3) is 2.24. The second kappa shape index (κ2) is 6.37. The van der Waals surface area contributed by atoms with Gasteiger partial charge in [-0.1, -0.05) is 60.7 Å². The summed E-state index contributed by atoms with van der Waals surface area (Å²) in [5, 5.41) is 5.71. The SMILES string of the molecule is c1ccc(-c2cc3c4cc5oc6ccccc6c5cc4n4c5nc6ccccc6nc5c(c2)c34)cc1. The fourth-order valence-corrected chi connectivity index (χ4v) is 5.89. The Morgan fingerprint density at radius 1 is 0.528 bits per heavy atom. The van der Waals surface area contributed by atoms with Crippen LogP contribution in [0.25, 0.3) is 82.5 Å². The van der Waals surface area contributed by atoms with E-state index in [2.05, 4.69) is 71.1 Å². The lowest BCUT2D eigenvalue weighted by molar-refractivity contribution is 0.669. The summed E-state index contributed by atoms with van der Waals surface area (Å²) in [6.45, 7) is 0. The van der Waals surface area contributed by atoms with E-state index in [9.17, 15) is 0 Å². The first kappa shape index (κ1) is 18.4. The molecule has 9 rings (SSSR count). The summed E-state index contributed by atoms with van der Waals surface area (Å²) in [6.07, 6.45) is 0. The lowest BCUT2D eigenvalue weighted by Crippen LogP contribution is -1.88. The van der Waals surface area contributed by atoms with Crippen LogP contribution < -0.4 is 0 Å². The molecule has 0 aliphatic heterocycles. The number of para-hydroxylation sites is 3. The number of hydrogen-bond acceptors (Lipinski definition) is 3. The van der Waals surface area contributed by atoms with Crippen molar-refractivity contribution >= 4 is 71.3 Å². The van der Waals surface area contributed by atoms with Crippen molar-refractivity contribution in [1.82, 2.24) is 14.4 Å². The maximum Gasteiger partial charge on any atom is 0.165 e. The fraction of sp³-hybridized carbons (Fsp3) is 0. The smallest absolute Gasteiger partial charge is 0.165 e. The predicted molar refractivity (Wildman–Crippen MR) is 147 cm³/mol. The van der Waals surface area contributed by atoms with E-state index >= 15 is 0 Å². The van der Waals surface area contributed by atoms with Gasteiger partial charge >= 0.3 is 0 Å². The minimum absolute atomic E-state index is 0.890. The molecule has 0 atom stereocenters. The second-order valence-electron chi connectivity index (χ2n) is 9.47. The van der Waals surface area contributed by atoms with Gasteiger partial charge in [-0.3, -0.25) is 4.40 Å². The van der Waals surface area contributed by atoms with E-state index in [-0.39, 0.29) is 0 Å². The molecule has 0 radical (unpaired) electrons. The number of nitrogens with zero attached hydrogens (tertiary/aromatic N) is 3. The van der Waals surface area contributed by atoms with Crippen LogP contribution >= 0.6 is 0 Å². The van der Waals surface area contributed by atoms with E-state index in [1.54, 1.807) is 0 Å². The Kier molecular flexibility index (Phi) is 3.25. The Balaban J connectivity index is 1.55. The fourth-order valence-electron chi connectivity index (χ4n) is 5.89. The highest BCUT2D eigenvalue weighted by molar-refractivity contribution is 6.25. The summed E-state index contributed by atoms with van der Waals surface area (Å²) in [7, 11) is 0. The molecule has 0 saturated heterocycles. The first-order valence-corrected chi connectivity index (χ1v) is 12.1. The Bertz CT molecular complexity index is 2310. The molecular weight excluding hydrogens is 442 g/mol. The van der Waals surface area contributed by atoms with Gasteiger partial charge in [-0.15, -0.1) is 0 Å². The molecule has 166 valence electrons. The summed E-state index contributed by atoms with van der Waals surface area (Å²) < 4.78 is 8.57. The van der Waals surface area contributed by atoms with Crippen molar-refractivity contribution in [2.75, 3.05) is 0 Å². The minimum atomic E-state index is 0.890. The number of rotatable bonds is 1. The normalized spacial score (nSPS) is 12.4. The van der Waals surface area contributed by atoms with Crippen molar-refractivity contribution < 1.29 is 4.42 Å². The van der Waals surface area contributed by atoms with Gasteiger partial charge in [0.25, 0.3) is 0 Å². The molecule has 0 saturated carbocycles. The molecule has 0 bridgehead atoms. The minimum Gasteiger partial charge on any atom is -0.456 e. The molecule has 36 heavy (non-hydrogen) atoms. The standard InChI is InChI=1S/C32H17N3O/c1-2-8-18(9-3-1)19-14-23-21-17-29-22(20-10-4-7-13-28(20)36-29)16-27(21)35-31(23)24(15-19)30-32(35)34-26-12-6-5-11-25(26)33-30/h1-17H. The molecular formula is C32H17N3O. The number of aromatic nitrogens is 3. The third-order valence-corrected chi connectivity index (χ3v) is 7.49. The molecule has 0 unspecified atom stereocenters. The molecule has 4 heterocycles. The van der Waals surface area contributed by atoms with E-state index in [0.717, 1.165) is 65.9 Å². The van der Waals surface area contributed by atoms with E-state index in [1.807, 2.05) is 36.4 Å². The summed E-state index contributed by atoms with van der Waals surface area (Å²) in [5.74, 6) is 0. The van der Waals surface area contributed by atoms with Gasteiger partial charge in [-0.2, -0.15) is 0 Å². The lowest BCUT2D eigenvalue weighted by atomic mass is 10.00. The Labute approximate surface area is 204 Å². The molecule has 0 aliphatic rings. The second-order valence-corrected chi connectivity index (χ2v) is 9.47. The van der Waals surface area contributed by atoms with Gasteiger partial charge in [0, 0.05) is 26.9 Å². The van der Waals surface area contributed by atoms with Gasteiger partial charge in [0.1, 0.15) is 16.7 Å². The average molecular weight is 460 g/mol. The van der Waals surface area contributed by atoms with E-state index < -0.39 is 0 Å². The number of benzene rings is 5. The number of fused-ring (bicyclic) bond motifs is 10. The molecule has 4 heteroatoms. The van der Waals surface area contributed by atoms with Gasteiger partial charge in [-0.25, -0.2) is 9.97 Å². The zero-order valence-corrected chi connectivity index (χ0v) is 19.1. The average Bonchev–Trinajstić information content (AvgIpc) is 3.56. The van der Waals surface area contributed by atoms with Crippen LogP contribution in [-0.4, -0.2) is 14.4 Å². The monoisotopic (exact) mass is 459 g/mol. The number of hydrogen-bond donors (Lipinski definition) is 0. The molecule has 0 N–H and O–H groups in total. The largest absolute Gasteiger partial charge is 0.456 e. The van der Waals surface area contributed by atoms with Crippen LogP contribution in [0.3, 0.4) is 0 Å². The van der Waals surface area contributed by atoms with Gasteiger partial charge in [0.05, 0.1) is 22.1 Å². The molecule has 0 fully saturated rings. The molecule has 4 nitrogen and oxygen atoms in total. The zero-order chi connectivity index (χ0) is 23.4. The van der Waals surface area contributed by atoms with Crippen molar-refractivity contribution in [3.8, 4) is 11.1 Å². The quantitative estimate of drug-likeness (QED) is 0.248. The van der Waals surface area contributed by atoms with Crippen LogP contribution in [0.5, 0.6) is 0 Å². The highest BCUT2D eigenvalue weighted by Gasteiger charge is 2.22. The maximum absolute atomic E-state index is 6.27. The maximum atomic E-state index is 6.27. The summed E-state index contributed by atoms with van der Waals surface area (Å²) in [6, 6.07) is 35.9. The van der Waals surface area contributed by atoms with E-state index in [0.29, 0.717) is 0 Å². The van der Waals surface area contributed by atoms with Crippen LogP contribution in [0.2, 0.25) is 0 Å². The zero-order valence-electron chi connectivity index (χ0n) is 19.1. The topological polar surface area (TPSA) is 43.3 Å². The van der Waals surface area contributed by atoms with Crippen molar-refractivity contribution in [2.45, 2.75) is 0 Å². The predicted octanol–water partition coefficient (Wildman–Crippen LogP) is 8.35. The van der Waals surface area contributed by atoms with Crippen LogP contribution in [0.15, 0.2) is 108 Å². The molecule has 5 aromatic carbocycles. The van der Waals surface area contributed by atoms with Crippen molar-refractivity contribution in [2.24, 2.45) is 0 Å². The van der Waals surface area contributed by atoms with Gasteiger partial charge in [-0.05, 0) is 53.6 Å². The first-order chi connectivity index (χ1) is 17.8. The Morgan fingerprint density at radius 2 is 1.28 bits per heavy atom. The summed E-state index contributed by atoms with van der Waals surface area (Å²) >= 11 is 0. The van der Waals surface area contributed by atoms with Crippen molar-refractivity contribution in [1.29, 1.82) is 0 Å². The Hall–Kier alpha value is -4.96. The first-order valence-electron chi connectivity index (χ1n) is 12.1.